The zero-order valence-electron chi connectivity index (χ0n) is 17.1. The fourth-order valence-electron chi connectivity index (χ4n) is 2.97. The first-order valence-electron chi connectivity index (χ1n) is 9.75. The normalized spacial score (nSPS) is 10.6. The van der Waals surface area contributed by atoms with Crippen molar-refractivity contribution < 1.29 is 18.8 Å². The Morgan fingerprint density at radius 2 is 1.94 bits per heavy atom. The minimum absolute atomic E-state index is 0.170. The summed E-state index contributed by atoms with van der Waals surface area (Å²) in [6, 6.07) is 18.7. The number of hydrogen-bond acceptors (Lipinski definition) is 7. The van der Waals surface area contributed by atoms with E-state index in [0.717, 1.165) is 16.0 Å². The molecule has 0 aliphatic rings. The zero-order chi connectivity index (χ0) is 21.6. The number of carbonyl (C=O) groups is 1. The Balaban J connectivity index is 1.41. The minimum Gasteiger partial charge on any atom is -0.493 e. The molecule has 0 unspecified atom stereocenters. The monoisotopic (exact) mass is 435 g/mol. The van der Waals surface area contributed by atoms with E-state index in [9.17, 15) is 4.79 Å². The van der Waals surface area contributed by atoms with Gasteiger partial charge in [-0.25, -0.2) is 0 Å². The molecule has 0 spiro atoms. The molecule has 1 amide bonds. The second-order valence-electron chi connectivity index (χ2n) is 6.55. The Kier molecular flexibility index (Phi) is 6.28. The second-order valence-corrected chi connectivity index (χ2v) is 7.64. The van der Waals surface area contributed by atoms with Gasteiger partial charge in [-0.3, -0.25) is 4.79 Å². The lowest BCUT2D eigenvalue weighted by atomic mass is 10.2. The van der Waals surface area contributed by atoms with E-state index in [4.69, 9.17) is 14.0 Å². The van der Waals surface area contributed by atoms with Gasteiger partial charge in [0.2, 0.25) is 5.82 Å². The van der Waals surface area contributed by atoms with Gasteiger partial charge in [-0.2, -0.15) is 4.98 Å². The van der Waals surface area contributed by atoms with Crippen LogP contribution in [0, 0.1) is 0 Å². The summed E-state index contributed by atoms with van der Waals surface area (Å²) in [7, 11) is 1.59. The van der Waals surface area contributed by atoms with Gasteiger partial charge in [0, 0.05) is 12.1 Å². The van der Waals surface area contributed by atoms with Gasteiger partial charge in [-0.15, -0.1) is 11.3 Å². The fraction of sp³-hybridized carbons (Fsp3) is 0.174. The molecule has 4 aromatic rings. The SMILES string of the molecule is CCOc1ccc(CNC(=O)c2ccc(-c3noc(-c4ccccc4)n3)s2)cc1OC. The van der Waals surface area contributed by atoms with Crippen molar-refractivity contribution in [3.05, 3.63) is 71.1 Å². The van der Waals surface area contributed by atoms with Crippen LogP contribution in [0.3, 0.4) is 0 Å². The number of thiophene rings is 1. The van der Waals surface area contributed by atoms with Crippen molar-refractivity contribution in [2.24, 2.45) is 0 Å². The van der Waals surface area contributed by atoms with Gasteiger partial charge in [-0.1, -0.05) is 29.4 Å². The van der Waals surface area contributed by atoms with Crippen LogP contribution in [-0.4, -0.2) is 29.8 Å². The van der Waals surface area contributed by atoms with Crippen LogP contribution in [-0.2, 0) is 6.54 Å². The van der Waals surface area contributed by atoms with E-state index in [2.05, 4.69) is 15.5 Å². The number of rotatable bonds is 8. The van der Waals surface area contributed by atoms with E-state index in [0.29, 0.717) is 41.2 Å². The van der Waals surface area contributed by atoms with Crippen LogP contribution in [0.2, 0.25) is 0 Å². The highest BCUT2D eigenvalue weighted by Gasteiger charge is 2.15. The van der Waals surface area contributed by atoms with Gasteiger partial charge >= 0.3 is 0 Å². The van der Waals surface area contributed by atoms with Crippen LogP contribution in [0.4, 0.5) is 0 Å². The Morgan fingerprint density at radius 1 is 1.10 bits per heavy atom. The topological polar surface area (TPSA) is 86.5 Å². The predicted octanol–water partition coefficient (Wildman–Crippen LogP) is 4.80. The molecule has 4 rings (SSSR count). The van der Waals surface area contributed by atoms with Crippen LogP contribution in [0.25, 0.3) is 22.2 Å². The summed E-state index contributed by atoms with van der Waals surface area (Å²) >= 11 is 1.31. The Hall–Kier alpha value is -3.65. The van der Waals surface area contributed by atoms with Crippen LogP contribution >= 0.6 is 11.3 Å². The molecule has 2 heterocycles. The molecule has 7 nitrogen and oxygen atoms in total. The molecule has 0 radical (unpaired) electrons. The third-order valence-electron chi connectivity index (χ3n) is 4.48. The molecule has 0 bridgehead atoms. The highest BCUT2D eigenvalue weighted by atomic mass is 32.1. The maximum absolute atomic E-state index is 12.6. The Bertz CT molecular complexity index is 1170. The summed E-state index contributed by atoms with van der Waals surface area (Å²) in [5, 5.41) is 6.96. The van der Waals surface area contributed by atoms with Crippen LogP contribution in [0.1, 0.15) is 22.2 Å². The number of aromatic nitrogens is 2. The number of ether oxygens (including phenoxy) is 2. The lowest BCUT2D eigenvalue weighted by Crippen LogP contribution is -2.21. The summed E-state index contributed by atoms with van der Waals surface area (Å²) in [6.07, 6.45) is 0. The third-order valence-corrected chi connectivity index (χ3v) is 5.56. The largest absolute Gasteiger partial charge is 0.493 e. The van der Waals surface area contributed by atoms with Crippen molar-refractivity contribution in [1.82, 2.24) is 15.5 Å². The molecular weight excluding hydrogens is 414 g/mol. The molecule has 0 fully saturated rings. The molecule has 1 N–H and O–H groups in total. The summed E-state index contributed by atoms with van der Waals surface area (Å²) < 4.78 is 16.2. The van der Waals surface area contributed by atoms with Gasteiger partial charge in [-0.05, 0) is 48.9 Å². The molecule has 8 heteroatoms. The summed E-state index contributed by atoms with van der Waals surface area (Å²) in [5.74, 6) is 2.05. The van der Waals surface area contributed by atoms with Gasteiger partial charge in [0.1, 0.15) is 0 Å². The van der Waals surface area contributed by atoms with Crippen LogP contribution in [0.15, 0.2) is 65.2 Å². The van der Waals surface area contributed by atoms with Gasteiger partial charge in [0.05, 0.1) is 23.5 Å². The standard InChI is InChI=1S/C23H21N3O4S/c1-3-29-17-10-9-15(13-18(17)28-2)14-24-22(27)20-12-11-19(31-20)21-25-23(30-26-21)16-7-5-4-6-8-16/h4-13H,3,14H2,1-2H3,(H,24,27). The molecule has 31 heavy (non-hydrogen) atoms. The third kappa shape index (κ3) is 4.75. The van der Waals surface area contributed by atoms with Crippen molar-refractivity contribution in [2.75, 3.05) is 13.7 Å². The van der Waals surface area contributed by atoms with E-state index in [-0.39, 0.29) is 5.91 Å². The molecule has 0 saturated carbocycles. The van der Waals surface area contributed by atoms with E-state index in [1.54, 1.807) is 13.2 Å². The van der Waals surface area contributed by atoms with E-state index in [1.165, 1.54) is 11.3 Å². The predicted molar refractivity (Wildman–Crippen MR) is 118 cm³/mol. The lowest BCUT2D eigenvalue weighted by Gasteiger charge is -2.11. The maximum atomic E-state index is 12.6. The number of carbonyl (C=O) groups excluding carboxylic acids is 1. The van der Waals surface area contributed by atoms with Crippen molar-refractivity contribution in [2.45, 2.75) is 13.5 Å². The molecule has 0 aliphatic heterocycles. The average molecular weight is 436 g/mol. The number of hydrogen-bond donors (Lipinski definition) is 1. The first kappa shape index (κ1) is 20.6. The molecule has 0 atom stereocenters. The summed E-state index contributed by atoms with van der Waals surface area (Å²) in [5.41, 5.74) is 1.76. The Morgan fingerprint density at radius 3 is 2.71 bits per heavy atom. The van der Waals surface area contributed by atoms with E-state index >= 15 is 0 Å². The molecule has 158 valence electrons. The number of benzene rings is 2. The fourth-order valence-corrected chi connectivity index (χ4v) is 3.82. The smallest absolute Gasteiger partial charge is 0.261 e. The average Bonchev–Trinajstić information content (AvgIpc) is 3.49. The first-order valence-corrected chi connectivity index (χ1v) is 10.6. The van der Waals surface area contributed by atoms with Crippen LogP contribution < -0.4 is 14.8 Å². The van der Waals surface area contributed by atoms with Crippen molar-refractivity contribution in [3.8, 4) is 33.7 Å². The minimum atomic E-state index is -0.170. The highest BCUT2D eigenvalue weighted by Crippen LogP contribution is 2.29. The lowest BCUT2D eigenvalue weighted by molar-refractivity contribution is 0.0955. The maximum Gasteiger partial charge on any atom is 0.261 e. The van der Waals surface area contributed by atoms with E-state index in [1.807, 2.05) is 61.5 Å². The molecule has 0 saturated heterocycles. The molecule has 2 aromatic heterocycles. The van der Waals surface area contributed by atoms with Crippen molar-refractivity contribution >= 4 is 17.2 Å². The zero-order valence-corrected chi connectivity index (χ0v) is 17.9. The Labute approximate surface area is 183 Å². The van der Waals surface area contributed by atoms with Crippen LogP contribution in [0.5, 0.6) is 11.5 Å². The summed E-state index contributed by atoms with van der Waals surface area (Å²) in [6.45, 7) is 2.84. The molecular formula is C23H21N3O4S. The quantitative estimate of drug-likeness (QED) is 0.428. The van der Waals surface area contributed by atoms with Gasteiger partial charge in [0.25, 0.3) is 11.8 Å². The van der Waals surface area contributed by atoms with E-state index < -0.39 is 0 Å². The number of nitrogens with zero attached hydrogens (tertiary/aromatic N) is 2. The number of amides is 1. The molecule has 0 aliphatic carbocycles. The highest BCUT2D eigenvalue weighted by molar-refractivity contribution is 7.17. The first-order chi connectivity index (χ1) is 15.2. The van der Waals surface area contributed by atoms with Gasteiger partial charge in [0.15, 0.2) is 11.5 Å². The van der Waals surface area contributed by atoms with Crippen molar-refractivity contribution in [1.29, 1.82) is 0 Å². The second kappa shape index (κ2) is 9.44. The summed E-state index contributed by atoms with van der Waals surface area (Å²) in [4.78, 5) is 18.4. The molecule has 2 aromatic carbocycles. The van der Waals surface area contributed by atoms with Gasteiger partial charge < -0.3 is 19.3 Å². The van der Waals surface area contributed by atoms with Crippen molar-refractivity contribution in [3.63, 3.8) is 0 Å². The number of methoxy groups -OCH3 is 1. The number of nitrogens with one attached hydrogen (secondary N) is 1.